The molecule has 0 heterocycles. The van der Waals surface area contributed by atoms with Crippen LogP contribution in [0.15, 0.2) is 24.3 Å². The summed E-state index contributed by atoms with van der Waals surface area (Å²) in [5.74, 6) is 0. The topological polar surface area (TPSA) is 0 Å². The Bertz CT molecular complexity index is 131. The Morgan fingerprint density at radius 3 is 2.50 bits per heavy atom. The van der Waals surface area contributed by atoms with Gasteiger partial charge < -0.3 is 0 Å². The molecule has 1 heteroatoms. The highest BCUT2D eigenvalue weighted by molar-refractivity contribution is 7.82. The summed E-state index contributed by atoms with van der Waals surface area (Å²) in [4.78, 5) is 0. The largest absolute Gasteiger partial charge is 0.168 e. The van der Waals surface area contributed by atoms with E-state index in [1.54, 1.807) is 0 Å². The molecule has 1 aliphatic carbocycles. The van der Waals surface area contributed by atoms with Gasteiger partial charge in [0.1, 0.15) is 0 Å². The van der Waals surface area contributed by atoms with Gasteiger partial charge in [0.05, 0.1) is 0 Å². The lowest BCUT2D eigenvalue weighted by Gasteiger charge is -2.17. The van der Waals surface area contributed by atoms with Crippen molar-refractivity contribution in [2.75, 3.05) is 0 Å². The van der Waals surface area contributed by atoms with Crippen LogP contribution in [0.5, 0.6) is 0 Å². The summed E-state index contributed by atoms with van der Waals surface area (Å²) in [5.41, 5.74) is 0. The third-order valence-corrected chi connectivity index (χ3v) is 1.46. The first kappa shape index (κ1) is 5.96. The first-order valence-electron chi connectivity index (χ1n) is 2.63. The van der Waals surface area contributed by atoms with Gasteiger partial charge in [-0.3, -0.25) is 0 Å². The molecule has 0 nitrogen and oxygen atoms in total. The minimum absolute atomic E-state index is 0.144. The standard InChI is InChI=1S/C7H9S/c1-7(8)5-3-2-4-6-7/h2-5,8H,1,6H2. The van der Waals surface area contributed by atoms with E-state index >= 15 is 0 Å². The van der Waals surface area contributed by atoms with Crippen LogP contribution in [-0.2, 0) is 0 Å². The molecule has 43 valence electrons. The lowest BCUT2D eigenvalue weighted by molar-refractivity contribution is 0.886. The van der Waals surface area contributed by atoms with Crippen molar-refractivity contribution in [2.24, 2.45) is 0 Å². The van der Waals surface area contributed by atoms with Gasteiger partial charge in [-0.05, 0) is 13.3 Å². The molecule has 8 heavy (non-hydrogen) atoms. The van der Waals surface area contributed by atoms with Gasteiger partial charge in [-0.15, -0.1) is 0 Å². The predicted molar refractivity (Wildman–Crippen MR) is 40.0 cm³/mol. The molecular formula is C7H9S. The van der Waals surface area contributed by atoms with Gasteiger partial charge in [-0.25, -0.2) is 0 Å². The second-order valence-corrected chi connectivity index (χ2v) is 2.99. The van der Waals surface area contributed by atoms with Gasteiger partial charge in [0.2, 0.25) is 0 Å². The van der Waals surface area contributed by atoms with E-state index in [4.69, 9.17) is 0 Å². The average molecular weight is 125 g/mol. The van der Waals surface area contributed by atoms with Gasteiger partial charge in [0, 0.05) is 4.75 Å². The van der Waals surface area contributed by atoms with Crippen LogP contribution in [0.4, 0.5) is 0 Å². The van der Waals surface area contributed by atoms with E-state index in [0.29, 0.717) is 0 Å². The fourth-order valence-corrected chi connectivity index (χ4v) is 0.845. The van der Waals surface area contributed by atoms with E-state index in [2.05, 4.69) is 25.6 Å². The molecule has 1 radical (unpaired) electrons. The van der Waals surface area contributed by atoms with Crippen molar-refractivity contribution in [1.29, 1.82) is 0 Å². The second-order valence-electron chi connectivity index (χ2n) is 2.09. The minimum Gasteiger partial charge on any atom is -0.168 e. The molecule has 1 unspecified atom stereocenters. The van der Waals surface area contributed by atoms with Gasteiger partial charge in [0.15, 0.2) is 0 Å². The summed E-state index contributed by atoms with van der Waals surface area (Å²) in [6.07, 6.45) is 8.99. The number of hydrogen-bond acceptors (Lipinski definition) is 1. The van der Waals surface area contributed by atoms with Crippen LogP contribution < -0.4 is 0 Å². The second kappa shape index (κ2) is 1.98. The van der Waals surface area contributed by atoms with Crippen LogP contribution in [0.1, 0.15) is 6.42 Å². The smallest absolute Gasteiger partial charge is 0.0346 e. The predicted octanol–water partition coefficient (Wildman–Crippen LogP) is 2.01. The molecule has 0 fully saturated rings. The van der Waals surface area contributed by atoms with Gasteiger partial charge in [-0.2, -0.15) is 12.6 Å². The summed E-state index contributed by atoms with van der Waals surface area (Å²) in [6, 6.07) is 0. The minimum atomic E-state index is -0.144. The zero-order valence-corrected chi connectivity index (χ0v) is 5.57. The van der Waals surface area contributed by atoms with Crippen molar-refractivity contribution in [3.05, 3.63) is 31.2 Å². The van der Waals surface area contributed by atoms with E-state index in [9.17, 15) is 0 Å². The third kappa shape index (κ3) is 1.41. The van der Waals surface area contributed by atoms with Crippen molar-refractivity contribution in [2.45, 2.75) is 11.2 Å². The number of rotatable bonds is 0. The zero-order valence-electron chi connectivity index (χ0n) is 4.67. The quantitative estimate of drug-likeness (QED) is 0.470. The molecule has 0 aromatic carbocycles. The van der Waals surface area contributed by atoms with Gasteiger partial charge in [0.25, 0.3) is 0 Å². The Labute approximate surface area is 55.7 Å². The maximum Gasteiger partial charge on any atom is 0.0346 e. The first-order valence-corrected chi connectivity index (χ1v) is 3.07. The monoisotopic (exact) mass is 125 g/mol. The highest BCUT2D eigenvalue weighted by atomic mass is 32.1. The maximum absolute atomic E-state index is 4.27. The number of allylic oxidation sites excluding steroid dienone is 3. The highest BCUT2D eigenvalue weighted by Gasteiger charge is 2.13. The molecule has 0 saturated heterocycles. The Morgan fingerprint density at radius 2 is 2.25 bits per heavy atom. The van der Waals surface area contributed by atoms with E-state index in [-0.39, 0.29) is 4.75 Å². The third-order valence-electron chi connectivity index (χ3n) is 1.12. The Kier molecular flexibility index (Phi) is 1.47. The molecule has 0 N–H and O–H groups in total. The molecule has 0 saturated carbocycles. The van der Waals surface area contributed by atoms with Crippen LogP contribution in [0.25, 0.3) is 0 Å². The van der Waals surface area contributed by atoms with E-state index in [1.165, 1.54) is 0 Å². The van der Waals surface area contributed by atoms with Crippen LogP contribution >= 0.6 is 12.6 Å². The van der Waals surface area contributed by atoms with Crippen molar-refractivity contribution < 1.29 is 0 Å². The molecule has 1 rings (SSSR count). The molecule has 0 aromatic rings. The summed E-state index contributed by atoms with van der Waals surface area (Å²) >= 11 is 4.27. The van der Waals surface area contributed by atoms with Crippen LogP contribution in [-0.4, -0.2) is 4.75 Å². The summed E-state index contributed by atoms with van der Waals surface area (Å²) in [7, 11) is 0. The molecule has 1 aliphatic rings. The van der Waals surface area contributed by atoms with E-state index < -0.39 is 0 Å². The molecule has 0 amide bonds. The molecule has 0 bridgehead atoms. The SMILES string of the molecule is [CH2]C1(S)C=CC=CC1. The van der Waals surface area contributed by atoms with Crippen LogP contribution in [0.3, 0.4) is 0 Å². The average Bonchev–Trinajstić information content (AvgIpc) is 1.65. The number of hydrogen-bond donors (Lipinski definition) is 1. The van der Waals surface area contributed by atoms with Crippen LogP contribution in [0.2, 0.25) is 0 Å². The molecular weight excluding hydrogens is 116 g/mol. The van der Waals surface area contributed by atoms with E-state index in [0.717, 1.165) is 6.42 Å². The zero-order chi connectivity index (χ0) is 6.04. The molecule has 0 aromatic heterocycles. The highest BCUT2D eigenvalue weighted by Crippen LogP contribution is 2.22. The summed E-state index contributed by atoms with van der Waals surface area (Å²) in [6.45, 7) is 3.86. The van der Waals surface area contributed by atoms with Crippen molar-refractivity contribution in [3.63, 3.8) is 0 Å². The fourth-order valence-electron chi connectivity index (χ4n) is 0.653. The van der Waals surface area contributed by atoms with Gasteiger partial charge in [-0.1, -0.05) is 24.3 Å². The van der Waals surface area contributed by atoms with Crippen LogP contribution in [0, 0.1) is 6.92 Å². The normalized spacial score (nSPS) is 35.8. The van der Waals surface area contributed by atoms with Gasteiger partial charge >= 0.3 is 0 Å². The summed E-state index contributed by atoms with van der Waals surface area (Å²) in [5, 5.41) is 0. The molecule has 0 spiro atoms. The molecule has 1 atom stereocenters. The lowest BCUT2D eigenvalue weighted by Crippen LogP contribution is -2.12. The fraction of sp³-hybridized carbons (Fsp3) is 0.286. The maximum atomic E-state index is 4.27. The Morgan fingerprint density at radius 1 is 1.50 bits per heavy atom. The molecule has 0 aliphatic heterocycles. The van der Waals surface area contributed by atoms with Crippen molar-refractivity contribution in [3.8, 4) is 0 Å². The Hall–Kier alpha value is -0.170. The lowest BCUT2D eigenvalue weighted by atomic mass is 10.0. The Balaban J connectivity index is 2.65. The van der Waals surface area contributed by atoms with Crippen molar-refractivity contribution >= 4 is 12.6 Å². The summed E-state index contributed by atoms with van der Waals surface area (Å²) < 4.78 is -0.144. The van der Waals surface area contributed by atoms with E-state index in [1.807, 2.05) is 18.2 Å². The first-order chi connectivity index (χ1) is 3.71. The van der Waals surface area contributed by atoms with Crippen molar-refractivity contribution in [1.82, 2.24) is 0 Å². The number of thiol groups is 1.